The second-order valence-corrected chi connectivity index (χ2v) is 5.59. The zero-order valence-corrected chi connectivity index (χ0v) is 13.2. The van der Waals surface area contributed by atoms with Crippen LogP contribution in [-0.2, 0) is 22.9 Å². The molecule has 0 bridgehead atoms. The Morgan fingerprint density at radius 3 is 2.85 bits per heavy atom. The highest BCUT2D eigenvalue weighted by atomic mass is 35.5. The summed E-state index contributed by atoms with van der Waals surface area (Å²) in [6.07, 6.45) is 1.97. The number of ether oxygens (including phenoxy) is 2. The third-order valence-corrected chi connectivity index (χ3v) is 4.11. The van der Waals surface area contributed by atoms with Gasteiger partial charge >= 0.3 is 0 Å². The van der Waals surface area contributed by atoms with Gasteiger partial charge in [0.1, 0.15) is 5.15 Å². The van der Waals surface area contributed by atoms with Gasteiger partial charge in [0, 0.05) is 18.7 Å². The lowest BCUT2D eigenvalue weighted by Gasteiger charge is -2.31. The Balaban J connectivity index is 2.09. The van der Waals surface area contributed by atoms with Crippen LogP contribution in [0.25, 0.3) is 0 Å². The van der Waals surface area contributed by atoms with Crippen LogP contribution in [0.4, 0.5) is 0 Å². The summed E-state index contributed by atoms with van der Waals surface area (Å²) in [6, 6.07) is 0.204. The monoisotopic (exact) mass is 301 g/mol. The van der Waals surface area contributed by atoms with E-state index in [1.54, 1.807) is 4.68 Å². The van der Waals surface area contributed by atoms with Crippen LogP contribution < -0.4 is 5.32 Å². The third kappa shape index (κ3) is 3.73. The molecule has 0 amide bonds. The number of aromatic nitrogens is 2. The van der Waals surface area contributed by atoms with Crippen molar-refractivity contribution in [3.63, 3.8) is 0 Å². The van der Waals surface area contributed by atoms with Gasteiger partial charge in [-0.05, 0) is 26.3 Å². The third-order valence-electron chi connectivity index (χ3n) is 3.64. The number of aryl methyl sites for hydroxylation is 2. The van der Waals surface area contributed by atoms with Crippen LogP contribution in [0, 0.1) is 6.92 Å². The van der Waals surface area contributed by atoms with Gasteiger partial charge in [0.2, 0.25) is 0 Å². The molecule has 2 heterocycles. The Labute approximate surface area is 125 Å². The van der Waals surface area contributed by atoms with E-state index in [4.69, 9.17) is 21.1 Å². The van der Waals surface area contributed by atoms with E-state index >= 15 is 0 Å². The number of hydrogen-bond donors (Lipinski definition) is 1. The normalized spacial score (nSPS) is 21.1. The fourth-order valence-electron chi connectivity index (χ4n) is 2.53. The van der Waals surface area contributed by atoms with Gasteiger partial charge in [-0.2, -0.15) is 5.10 Å². The van der Waals surface area contributed by atoms with Gasteiger partial charge in [-0.3, -0.25) is 4.68 Å². The fraction of sp³-hybridized carbons (Fsp3) is 0.786. The quantitative estimate of drug-likeness (QED) is 0.869. The molecule has 0 aliphatic carbocycles. The van der Waals surface area contributed by atoms with E-state index in [0.29, 0.717) is 25.0 Å². The highest BCUT2D eigenvalue weighted by Crippen LogP contribution is 2.22. The van der Waals surface area contributed by atoms with Crippen LogP contribution in [0.3, 0.4) is 0 Å². The Morgan fingerprint density at radius 2 is 2.30 bits per heavy atom. The molecule has 2 rings (SSSR count). The van der Waals surface area contributed by atoms with E-state index in [2.05, 4.69) is 17.3 Å². The van der Waals surface area contributed by atoms with E-state index in [1.165, 1.54) is 0 Å². The summed E-state index contributed by atoms with van der Waals surface area (Å²) in [7, 11) is 1.87. The lowest BCUT2D eigenvalue weighted by Crippen LogP contribution is -2.48. The summed E-state index contributed by atoms with van der Waals surface area (Å²) >= 11 is 6.33. The summed E-state index contributed by atoms with van der Waals surface area (Å²) in [5.41, 5.74) is 2.08. The largest absolute Gasteiger partial charge is 0.376 e. The predicted molar refractivity (Wildman–Crippen MR) is 79.3 cm³/mol. The molecule has 5 nitrogen and oxygen atoms in total. The topological polar surface area (TPSA) is 48.3 Å². The number of hydrogen-bond acceptors (Lipinski definition) is 4. The van der Waals surface area contributed by atoms with Gasteiger partial charge in [-0.15, -0.1) is 0 Å². The van der Waals surface area contributed by atoms with Crippen molar-refractivity contribution in [2.24, 2.45) is 7.05 Å². The molecule has 114 valence electrons. The molecule has 2 unspecified atom stereocenters. The van der Waals surface area contributed by atoms with Crippen molar-refractivity contribution in [2.45, 2.75) is 38.8 Å². The Bertz CT molecular complexity index is 430. The van der Waals surface area contributed by atoms with E-state index < -0.39 is 0 Å². The van der Waals surface area contributed by atoms with Crippen LogP contribution in [0.15, 0.2) is 0 Å². The molecule has 0 aromatic carbocycles. The minimum atomic E-state index is 0.0750. The molecule has 0 radical (unpaired) electrons. The second kappa shape index (κ2) is 7.41. The standard InChI is InChI=1S/C14H24ClN3O2/c1-4-5-16-12(13-9-19-6-7-20-13)8-11-10(2)17-18(3)14(11)15/h12-13,16H,4-9H2,1-3H3. The first-order valence-electron chi connectivity index (χ1n) is 7.24. The molecule has 1 aromatic rings. The minimum Gasteiger partial charge on any atom is -0.376 e. The molecule has 0 spiro atoms. The Hall–Kier alpha value is -0.620. The van der Waals surface area contributed by atoms with Crippen LogP contribution in [-0.4, -0.2) is 48.3 Å². The summed E-state index contributed by atoms with van der Waals surface area (Å²) in [6.45, 7) is 7.10. The van der Waals surface area contributed by atoms with Crippen LogP contribution in [0.1, 0.15) is 24.6 Å². The molecule has 1 N–H and O–H groups in total. The van der Waals surface area contributed by atoms with E-state index in [-0.39, 0.29) is 12.1 Å². The van der Waals surface area contributed by atoms with Crippen molar-refractivity contribution in [2.75, 3.05) is 26.4 Å². The molecule has 1 fully saturated rings. The molecule has 2 atom stereocenters. The molecule has 6 heteroatoms. The number of rotatable bonds is 6. The number of halogens is 1. The molecule has 20 heavy (non-hydrogen) atoms. The maximum absolute atomic E-state index is 6.33. The summed E-state index contributed by atoms with van der Waals surface area (Å²) in [4.78, 5) is 0. The first-order chi connectivity index (χ1) is 9.63. The zero-order valence-electron chi connectivity index (χ0n) is 12.5. The van der Waals surface area contributed by atoms with E-state index in [9.17, 15) is 0 Å². The Morgan fingerprint density at radius 1 is 1.50 bits per heavy atom. The molecule has 1 aliphatic rings. The average Bonchev–Trinajstić information content (AvgIpc) is 2.70. The number of nitrogens with zero attached hydrogens (tertiary/aromatic N) is 2. The molecule has 1 aliphatic heterocycles. The lowest BCUT2D eigenvalue weighted by molar-refractivity contribution is -0.101. The SMILES string of the molecule is CCCNC(Cc1c(C)nn(C)c1Cl)C1COCCO1. The first kappa shape index (κ1) is 15.8. The van der Waals surface area contributed by atoms with Crippen molar-refractivity contribution in [3.05, 3.63) is 16.4 Å². The van der Waals surface area contributed by atoms with Gasteiger partial charge < -0.3 is 14.8 Å². The number of nitrogens with one attached hydrogen (secondary N) is 1. The average molecular weight is 302 g/mol. The van der Waals surface area contributed by atoms with Gasteiger partial charge in [-0.25, -0.2) is 0 Å². The maximum Gasteiger partial charge on any atom is 0.130 e. The van der Waals surface area contributed by atoms with Crippen molar-refractivity contribution in [1.29, 1.82) is 0 Å². The van der Waals surface area contributed by atoms with Gasteiger partial charge in [0.05, 0.1) is 31.6 Å². The van der Waals surface area contributed by atoms with Crippen LogP contribution in [0.5, 0.6) is 0 Å². The van der Waals surface area contributed by atoms with Crippen molar-refractivity contribution in [3.8, 4) is 0 Å². The van der Waals surface area contributed by atoms with Crippen molar-refractivity contribution in [1.82, 2.24) is 15.1 Å². The molecule has 1 aromatic heterocycles. The highest BCUT2D eigenvalue weighted by Gasteiger charge is 2.27. The highest BCUT2D eigenvalue weighted by molar-refractivity contribution is 6.30. The predicted octanol–water partition coefficient (Wildman–Crippen LogP) is 1.71. The first-order valence-corrected chi connectivity index (χ1v) is 7.62. The van der Waals surface area contributed by atoms with E-state index in [1.807, 2.05) is 14.0 Å². The van der Waals surface area contributed by atoms with Gasteiger partial charge in [0.15, 0.2) is 0 Å². The molecular formula is C14H24ClN3O2. The molecular weight excluding hydrogens is 278 g/mol. The second-order valence-electron chi connectivity index (χ2n) is 5.23. The van der Waals surface area contributed by atoms with Crippen molar-refractivity contribution < 1.29 is 9.47 Å². The maximum atomic E-state index is 6.33. The fourth-order valence-corrected chi connectivity index (χ4v) is 2.78. The van der Waals surface area contributed by atoms with Crippen molar-refractivity contribution >= 4 is 11.6 Å². The van der Waals surface area contributed by atoms with Crippen LogP contribution >= 0.6 is 11.6 Å². The van der Waals surface area contributed by atoms with Gasteiger partial charge in [-0.1, -0.05) is 18.5 Å². The molecule has 0 saturated carbocycles. The lowest BCUT2D eigenvalue weighted by atomic mass is 10.0. The summed E-state index contributed by atoms with van der Waals surface area (Å²) in [5.74, 6) is 0. The minimum absolute atomic E-state index is 0.0750. The van der Waals surface area contributed by atoms with E-state index in [0.717, 1.165) is 30.6 Å². The summed E-state index contributed by atoms with van der Waals surface area (Å²) in [5, 5.41) is 8.64. The summed E-state index contributed by atoms with van der Waals surface area (Å²) < 4.78 is 13.1. The Kier molecular flexibility index (Phi) is 5.84. The van der Waals surface area contributed by atoms with Gasteiger partial charge in [0.25, 0.3) is 0 Å². The molecule has 1 saturated heterocycles. The zero-order chi connectivity index (χ0) is 14.5. The smallest absolute Gasteiger partial charge is 0.130 e. The van der Waals surface area contributed by atoms with Crippen LogP contribution in [0.2, 0.25) is 5.15 Å².